The third-order valence-electron chi connectivity index (χ3n) is 2.77. The molecule has 0 saturated carbocycles. The van der Waals surface area contributed by atoms with Gasteiger partial charge in [0.25, 0.3) is 0 Å². The molecular weight excluding hydrogens is 327 g/mol. The number of Topliss-reactive ketones (excluding diaryl/α,β-unsaturated/α-hetero) is 3. The third kappa shape index (κ3) is 20.5. The topological polar surface area (TPSA) is 74.8 Å². The molecule has 0 aliphatic carbocycles. The summed E-state index contributed by atoms with van der Waals surface area (Å²) in [5.74, 6) is -0.270. The average molecular weight is 362 g/mol. The fourth-order valence-electron chi connectivity index (χ4n) is 1.88. The highest BCUT2D eigenvalue weighted by atomic mass is 19.1. The molecule has 0 fully saturated rings. The molecule has 0 aliphatic heterocycles. The van der Waals surface area contributed by atoms with Gasteiger partial charge in [0.05, 0.1) is 26.2 Å². The van der Waals surface area contributed by atoms with Crippen LogP contribution >= 0.6 is 0 Å². The molecule has 0 N–H and O–H groups in total. The van der Waals surface area contributed by atoms with Gasteiger partial charge in [-0.1, -0.05) is 34.6 Å². The van der Waals surface area contributed by atoms with Gasteiger partial charge < -0.3 is 0 Å². The summed E-state index contributed by atoms with van der Waals surface area (Å²) in [6.45, 7) is 12.8. The lowest BCUT2D eigenvalue weighted by Crippen LogP contribution is -2.42. The van der Waals surface area contributed by atoms with Crippen molar-refractivity contribution in [2.24, 2.45) is 0 Å². The zero-order valence-corrected chi connectivity index (χ0v) is 16.9. The monoisotopic (exact) mass is 362 g/mol. The van der Waals surface area contributed by atoms with Crippen LogP contribution in [-0.2, 0) is 19.2 Å². The molecule has 7 heteroatoms. The van der Waals surface area contributed by atoms with E-state index in [1.165, 1.54) is 18.7 Å². The van der Waals surface area contributed by atoms with Gasteiger partial charge in [-0.15, -0.1) is 0 Å². The van der Waals surface area contributed by atoms with E-state index in [0.29, 0.717) is 13.0 Å². The SMILES string of the molecule is CC.CC.CCC(=O)CN(CCN(CC(C)=O)CC(=O)F)CC(C)=O. The Morgan fingerprint density at radius 1 is 0.720 bits per heavy atom. The van der Waals surface area contributed by atoms with Crippen molar-refractivity contribution in [3.05, 3.63) is 0 Å². The maximum atomic E-state index is 12.5. The average Bonchev–Trinajstić information content (AvgIpc) is 2.54. The van der Waals surface area contributed by atoms with Crippen LogP contribution in [0.5, 0.6) is 0 Å². The number of hydrogen-bond acceptors (Lipinski definition) is 6. The van der Waals surface area contributed by atoms with E-state index in [0.717, 1.165) is 0 Å². The molecule has 0 aromatic carbocycles. The quantitative estimate of drug-likeness (QED) is 0.496. The summed E-state index contributed by atoms with van der Waals surface area (Å²) in [4.78, 5) is 47.3. The minimum atomic E-state index is -1.51. The Labute approximate surface area is 151 Å². The third-order valence-corrected chi connectivity index (χ3v) is 2.77. The second-order valence-corrected chi connectivity index (χ2v) is 5.07. The molecule has 6 nitrogen and oxygen atoms in total. The molecule has 0 saturated heterocycles. The van der Waals surface area contributed by atoms with Gasteiger partial charge in [-0.05, 0) is 13.8 Å². The van der Waals surface area contributed by atoms with E-state index in [9.17, 15) is 23.6 Å². The Morgan fingerprint density at radius 3 is 1.36 bits per heavy atom. The van der Waals surface area contributed by atoms with Crippen molar-refractivity contribution in [1.82, 2.24) is 9.80 Å². The zero-order chi connectivity index (χ0) is 20.4. The van der Waals surface area contributed by atoms with Crippen LogP contribution in [0, 0.1) is 0 Å². The molecule has 0 amide bonds. The molecule has 0 radical (unpaired) electrons. The van der Waals surface area contributed by atoms with Crippen LogP contribution in [0.4, 0.5) is 4.39 Å². The number of ketones is 3. The summed E-state index contributed by atoms with van der Waals surface area (Å²) in [5.41, 5.74) is 0. The Morgan fingerprint density at radius 2 is 1.08 bits per heavy atom. The van der Waals surface area contributed by atoms with Crippen molar-refractivity contribution in [3.63, 3.8) is 0 Å². The van der Waals surface area contributed by atoms with E-state index in [-0.39, 0.29) is 43.5 Å². The summed E-state index contributed by atoms with van der Waals surface area (Å²) >= 11 is 0. The van der Waals surface area contributed by atoms with Crippen molar-refractivity contribution in [2.75, 3.05) is 39.3 Å². The Hall–Kier alpha value is -1.47. The van der Waals surface area contributed by atoms with E-state index in [1.54, 1.807) is 11.8 Å². The van der Waals surface area contributed by atoms with Crippen molar-refractivity contribution in [2.45, 2.75) is 54.9 Å². The van der Waals surface area contributed by atoms with Gasteiger partial charge in [0, 0.05) is 19.5 Å². The molecular formula is C18H35FN2O4. The number of rotatable bonds is 12. The van der Waals surface area contributed by atoms with Crippen molar-refractivity contribution in [3.8, 4) is 0 Å². The molecule has 148 valence electrons. The number of hydrogen-bond donors (Lipinski definition) is 0. The molecule has 0 atom stereocenters. The van der Waals surface area contributed by atoms with Crippen molar-refractivity contribution in [1.29, 1.82) is 0 Å². The zero-order valence-electron chi connectivity index (χ0n) is 16.9. The molecule has 25 heavy (non-hydrogen) atoms. The number of halogens is 1. The van der Waals surface area contributed by atoms with E-state index in [4.69, 9.17) is 0 Å². The van der Waals surface area contributed by atoms with Crippen LogP contribution in [0.3, 0.4) is 0 Å². The highest BCUT2D eigenvalue weighted by Gasteiger charge is 2.16. The van der Waals surface area contributed by atoms with Crippen LogP contribution in [0.1, 0.15) is 54.9 Å². The van der Waals surface area contributed by atoms with Crippen molar-refractivity contribution < 1.29 is 23.6 Å². The van der Waals surface area contributed by atoms with E-state index >= 15 is 0 Å². The van der Waals surface area contributed by atoms with E-state index < -0.39 is 12.6 Å². The largest absolute Gasteiger partial charge is 0.315 e. The highest BCUT2D eigenvalue weighted by Crippen LogP contribution is 1.97. The van der Waals surface area contributed by atoms with Gasteiger partial charge in [0.15, 0.2) is 0 Å². The number of carbonyl (C=O) groups excluding carboxylic acids is 4. The molecule has 0 aliphatic rings. The van der Waals surface area contributed by atoms with Gasteiger partial charge in [0.2, 0.25) is 0 Å². The van der Waals surface area contributed by atoms with Gasteiger partial charge >= 0.3 is 6.04 Å². The molecule has 0 aromatic rings. The maximum absolute atomic E-state index is 12.5. The van der Waals surface area contributed by atoms with Crippen LogP contribution in [0.25, 0.3) is 0 Å². The van der Waals surface area contributed by atoms with Crippen molar-refractivity contribution >= 4 is 23.4 Å². The molecule has 0 bridgehead atoms. The molecule has 0 aromatic heterocycles. The summed E-state index contributed by atoms with van der Waals surface area (Å²) in [6.07, 6.45) is 0.370. The predicted octanol–water partition coefficient (Wildman–Crippen LogP) is 2.30. The maximum Gasteiger partial charge on any atom is 0.315 e. The normalized spacial score (nSPS) is 9.68. The Balaban J connectivity index is -0.00000112. The van der Waals surface area contributed by atoms with Crippen LogP contribution in [-0.4, -0.2) is 72.5 Å². The van der Waals surface area contributed by atoms with Crippen LogP contribution < -0.4 is 0 Å². The summed E-state index contributed by atoms with van der Waals surface area (Å²) in [5, 5.41) is 0. The number of nitrogens with zero attached hydrogens (tertiary/aromatic N) is 2. The minimum Gasteiger partial charge on any atom is -0.299 e. The van der Waals surface area contributed by atoms with Crippen LogP contribution in [0.15, 0.2) is 0 Å². The van der Waals surface area contributed by atoms with Gasteiger partial charge in [-0.3, -0.25) is 29.0 Å². The van der Waals surface area contributed by atoms with E-state index in [2.05, 4.69) is 0 Å². The van der Waals surface area contributed by atoms with E-state index in [1.807, 2.05) is 27.7 Å². The lowest BCUT2D eigenvalue weighted by molar-refractivity contribution is -0.131. The first-order chi connectivity index (χ1) is 11.7. The fraction of sp³-hybridized carbons (Fsp3) is 0.778. The minimum absolute atomic E-state index is 0.00376. The molecule has 0 rings (SSSR count). The summed E-state index contributed by atoms with van der Waals surface area (Å²) < 4.78 is 12.5. The first kappa shape index (κ1) is 28.3. The summed E-state index contributed by atoms with van der Waals surface area (Å²) in [6, 6.07) is -1.51. The smallest absolute Gasteiger partial charge is 0.299 e. The first-order valence-corrected chi connectivity index (χ1v) is 8.88. The molecule has 0 heterocycles. The number of carbonyl (C=O) groups is 4. The first-order valence-electron chi connectivity index (χ1n) is 8.88. The second-order valence-electron chi connectivity index (χ2n) is 5.07. The Kier molecular flexibility index (Phi) is 21.4. The Bertz CT molecular complexity index is 385. The van der Waals surface area contributed by atoms with Gasteiger partial charge in [-0.2, -0.15) is 4.39 Å². The van der Waals surface area contributed by atoms with Gasteiger partial charge in [0.1, 0.15) is 17.3 Å². The van der Waals surface area contributed by atoms with Gasteiger partial charge in [-0.25, -0.2) is 0 Å². The predicted molar refractivity (Wildman–Crippen MR) is 98.4 cm³/mol. The highest BCUT2D eigenvalue weighted by molar-refractivity contribution is 5.82. The second kappa shape index (κ2) is 18.9. The lowest BCUT2D eigenvalue weighted by Gasteiger charge is -2.24. The lowest BCUT2D eigenvalue weighted by atomic mass is 10.2. The molecule has 0 unspecified atom stereocenters. The van der Waals surface area contributed by atoms with Crippen LogP contribution in [0.2, 0.25) is 0 Å². The standard InChI is InChI=1S/C14H23FN2O4.2C2H6/c1-4-13(20)9-16(7-11(2)18)5-6-17(8-12(3)19)10-14(15)21;2*1-2/h4-10H2,1-3H3;2*1-2H3. The summed E-state index contributed by atoms with van der Waals surface area (Å²) in [7, 11) is 0. The molecule has 0 spiro atoms. The fourth-order valence-corrected chi connectivity index (χ4v) is 1.88.